The summed E-state index contributed by atoms with van der Waals surface area (Å²) in [5.41, 5.74) is 0.344. The summed E-state index contributed by atoms with van der Waals surface area (Å²) in [7, 11) is -3.67. The van der Waals surface area contributed by atoms with Gasteiger partial charge in [0.1, 0.15) is 0 Å². The number of amides is 1. The van der Waals surface area contributed by atoms with Gasteiger partial charge in [-0.2, -0.15) is 4.31 Å². The van der Waals surface area contributed by atoms with Gasteiger partial charge in [-0.1, -0.05) is 13.8 Å². The van der Waals surface area contributed by atoms with Crippen LogP contribution in [0.5, 0.6) is 0 Å². The molecule has 8 heteroatoms. The van der Waals surface area contributed by atoms with E-state index < -0.39 is 10.0 Å². The number of rotatable bonds is 7. The van der Waals surface area contributed by atoms with Crippen LogP contribution in [0.4, 0.5) is 0 Å². The van der Waals surface area contributed by atoms with Gasteiger partial charge in [0.05, 0.1) is 18.1 Å². The molecule has 146 valence electrons. The summed E-state index contributed by atoms with van der Waals surface area (Å²) in [5.74, 6) is 0.319. The fraction of sp³-hybridized carbons (Fsp3) is 0.611. The van der Waals surface area contributed by atoms with Gasteiger partial charge in [-0.25, -0.2) is 8.42 Å². The zero-order valence-corrected chi connectivity index (χ0v) is 17.9. The number of halogens is 1. The second-order valence-electron chi connectivity index (χ2n) is 7.01. The monoisotopic (exact) mass is 446 g/mol. The minimum absolute atomic E-state index is 0.0350. The first-order chi connectivity index (χ1) is 12.2. The molecule has 26 heavy (non-hydrogen) atoms. The van der Waals surface area contributed by atoms with E-state index in [1.807, 2.05) is 6.92 Å². The Balaban J connectivity index is 2.17. The van der Waals surface area contributed by atoms with Gasteiger partial charge in [-0.15, -0.1) is 0 Å². The zero-order valence-electron chi connectivity index (χ0n) is 15.5. The van der Waals surface area contributed by atoms with E-state index in [2.05, 4.69) is 35.1 Å². The lowest BCUT2D eigenvalue weighted by Gasteiger charge is -2.26. The molecule has 1 amide bonds. The van der Waals surface area contributed by atoms with E-state index in [0.717, 1.165) is 12.8 Å². The van der Waals surface area contributed by atoms with Crippen LogP contribution in [0.3, 0.4) is 0 Å². The molecule has 0 aliphatic carbocycles. The molecule has 2 rings (SSSR count). The number of carbonyl (C=O) groups excluding carboxylic acids is 1. The molecule has 6 nitrogen and oxygen atoms in total. The summed E-state index contributed by atoms with van der Waals surface area (Å²) in [5, 5.41) is 2.95. The highest BCUT2D eigenvalue weighted by Gasteiger charge is 2.29. The molecule has 0 spiro atoms. The zero-order chi connectivity index (χ0) is 19.3. The van der Waals surface area contributed by atoms with E-state index >= 15 is 0 Å². The van der Waals surface area contributed by atoms with Gasteiger partial charge in [0.15, 0.2) is 0 Å². The normalized spacial score (nSPS) is 17.3. The molecule has 1 aromatic carbocycles. The molecule has 0 radical (unpaired) electrons. The van der Waals surface area contributed by atoms with Crippen molar-refractivity contribution in [3.63, 3.8) is 0 Å². The Morgan fingerprint density at radius 3 is 2.50 bits per heavy atom. The molecule has 0 saturated carbocycles. The summed E-state index contributed by atoms with van der Waals surface area (Å²) < 4.78 is 32.9. The number of benzene rings is 1. The Morgan fingerprint density at radius 1 is 1.23 bits per heavy atom. The SMILES string of the molecule is CC(C)CC[C@H](C)NC(=O)c1ccc(Br)c(S(=O)(=O)N2CCOCC2)c1. The molecule has 1 atom stereocenters. The predicted octanol–water partition coefficient (Wildman–Crippen LogP) is 3.02. The maximum Gasteiger partial charge on any atom is 0.251 e. The van der Waals surface area contributed by atoms with Crippen LogP contribution >= 0.6 is 15.9 Å². The Bertz CT molecular complexity index is 731. The van der Waals surface area contributed by atoms with Crippen molar-refractivity contribution in [3.8, 4) is 0 Å². The molecule has 0 aromatic heterocycles. The van der Waals surface area contributed by atoms with Crippen molar-refractivity contribution >= 4 is 31.9 Å². The van der Waals surface area contributed by atoms with Crippen LogP contribution in [0.25, 0.3) is 0 Å². The van der Waals surface area contributed by atoms with Crippen molar-refractivity contribution in [2.75, 3.05) is 26.3 Å². The van der Waals surface area contributed by atoms with E-state index in [-0.39, 0.29) is 16.8 Å². The van der Waals surface area contributed by atoms with E-state index in [1.165, 1.54) is 10.4 Å². The highest BCUT2D eigenvalue weighted by Crippen LogP contribution is 2.27. The van der Waals surface area contributed by atoms with Gasteiger partial charge in [0, 0.05) is 29.2 Å². The number of morpholine rings is 1. The second kappa shape index (κ2) is 9.30. The van der Waals surface area contributed by atoms with Crippen LogP contribution in [0, 0.1) is 5.92 Å². The van der Waals surface area contributed by atoms with Crippen molar-refractivity contribution < 1.29 is 17.9 Å². The summed E-state index contributed by atoms with van der Waals surface area (Å²) in [6, 6.07) is 4.72. The van der Waals surface area contributed by atoms with Gasteiger partial charge in [-0.05, 0) is 59.8 Å². The van der Waals surface area contributed by atoms with Crippen LogP contribution in [-0.2, 0) is 14.8 Å². The van der Waals surface area contributed by atoms with Crippen LogP contribution < -0.4 is 5.32 Å². The quantitative estimate of drug-likeness (QED) is 0.697. The second-order valence-corrected chi connectivity index (χ2v) is 9.77. The number of hydrogen-bond acceptors (Lipinski definition) is 4. The first-order valence-electron chi connectivity index (χ1n) is 8.90. The Morgan fingerprint density at radius 2 is 1.88 bits per heavy atom. The molecule has 1 aromatic rings. The summed E-state index contributed by atoms with van der Waals surface area (Å²) in [4.78, 5) is 12.6. The maximum atomic E-state index is 12.9. The fourth-order valence-corrected chi connectivity index (χ4v) is 5.09. The van der Waals surface area contributed by atoms with Gasteiger partial charge in [-0.3, -0.25) is 4.79 Å². The highest BCUT2D eigenvalue weighted by molar-refractivity contribution is 9.10. The van der Waals surface area contributed by atoms with Gasteiger partial charge >= 0.3 is 0 Å². The Hall–Kier alpha value is -0.960. The van der Waals surface area contributed by atoms with Crippen molar-refractivity contribution in [2.24, 2.45) is 5.92 Å². The first kappa shape index (κ1) is 21.3. The van der Waals surface area contributed by atoms with E-state index in [1.54, 1.807) is 12.1 Å². The average Bonchev–Trinajstić information content (AvgIpc) is 2.60. The van der Waals surface area contributed by atoms with Crippen LogP contribution in [0.2, 0.25) is 0 Å². The summed E-state index contributed by atoms with van der Waals surface area (Å²) in [6.45, 7) is 7.65. The lowest BCUT2D eigenvalue weighted by molar-refractivity contribution is 0.0730. The van der Waals surface area contributed by atoms with Crippen molar-refractivity contribution in [1.29, 1.82) is 0 Å². The number of nitrogens with zero attached hydrogens (tertiary/aromatic N) is 1. The Labute approximate surface area is 164 Å². The van der Waals surface area contributed by atoms with E-state index in [0.29, 0.717) is 42.3 Å². The minimum Gasteiger partial charge on any atom is -0.379 e. The maximum absolute atomic E-state index is 12.9. The van der Waals surface area contributed by atoms with Crippen molar-refractivity contribution in [1.82, 2.24) is 9.62 Å². The third-order valence-electron chi connectivity index (χ3n) is 4.34. The lowest BCUT2D eigenvalue weighted by Crippen LogP contribution is -2.40. The molecule has 1 N–H and O–H groups in total. The molecule has 1 fully saturated rings. The number of nitrogens with one attached hydrogen (secondary N) is 1. The number of carbonyl (C=O) groups is 1. The molecule has 1 saturated heterocycles. The van der Waals surface area contributed by atoms with Crippen LogP contribution in [-0.4, -0.2) is 51.0 Å². The first-order valence-corrected chi connectivity index (χ1v) is 11.1. The Kier molecular flexibility index (Phi) is 7.63. The number of ether oxygens (including phenoxy) is 1. The number of hydrogen-bond donors (Lipinski definition) is 1. The molecule has 1 heterocycles. The van der Waals surface area contributed by atoms with Crippen molar-refractivity contribution in [3.05, 3.63) is 28.2 Å². The summed E-state index contributed by atoms with van der Waals surface area (Å²) in [6.07, 6.45) is 1.91. The summed E-state index contributed by atoms with van der Waals surface area (Å²) >= 11 is 3.30. The van der Waals surface area contributed by atoms with Gasteiger partial charge in [0.25, 0.3) is 5.91 Å². The smallest absolute Gasteiger partial charge is 0.251 e. The molecule has 1 aliphatic rings. The average molecular weight is 447 g/mol. The lowest BCUT2D eigenvalue weighted by atomic mass is 10.0. The predicted molar refractivity (Wildman–Crippen MR) is 105 cm³/mol. The highest BCUT2D eigenvalue weighted by atomic mass is 79.9. The fourth-order valence-electron chi connectivity index (χ4n) is 2.73. The third kappa shape index (κ3) is 5.52. The molecular formula is C18H27BrN2O4S. The molecular weight excluding hydrogens is 420 g/mol. The van der Waals surface area contributed by atoms with Gasteiger partial charge in [0.2, 0.25) is 10.0 Å². The largest absolute Gasteiger partial charge is 0.379 e. The molecule has 0 bridgehead atoms. The number of sulfonamides is 1. The van der Waals surface area contributed by atoms with Crippen LogP contribution in [0.1, 0.15) is 44.0 Å². The molecule has 1 aliphatic heterocycles. The minimum atomic E-state index is -3.67. The topological polar surface area (TPSA) is 75.7 Å². The van der Waals surface area contributed by atoms with Crippen molar-refractivity contribution in [2.45, 2.75) is 44.6 Å². The standard InChI is InChI=1S/C18H27BrN2O4S/c1-13(2)4-5-14(3)20-18(22)15-6-7-16(19)17(12-15)26(23,24)21-8-10-25-11-9-21/h6-7,12-14H,4-5,8-11H2,1-3H3,(H,20,22)/t14-/m0/s1. The third-order valence-corrected chi connectivity index (χ3v) is 7.23. The van der Waals surface area contributed by atoms with E-state index in [4.69, 9.17) is 4.74 Å². The van der Waals surface area contributed by atoms with Gasteiger partial charge < -0.3 is 10.1 Å². The molecule has 0 unspecified atom stereocenters. The van der Waals surface area contributed by atoms with E-state index in [9.17, 15) is 13.2 Å². The van der Waals surface area contributed by atoms with Crippen LogP contribution in [0.15, 0.2) is 27.6 Å².